The minimum atomic E-state index is -0.863. The summed E-state index contributed by atoms with van der Waals surface area (Å²) in [5, 5.41) is 19.7. The van der Waals surface area contributed by atoms with Crippen LogP contribution in [0.25, 0.3) is 5.95 Å². The molecule has 108 valence electrons. The summed E-state index contributed by atoms with van der Waals surface area (Å²) in [5.41, 5.74) is -0.863. The Morgan fingerprint density at radius 3 is 2.45 bits per heavy atom. The molecule has 0 bridgehead atoms. The van der Waals surface area contributed by atoms with Gasteiger partial charge in [-0.2, -0.15) is 24.7 Å². The number of anilines is 2. The van der Waals surface area contributed by atoms with E-state index in [1.807, 2.05) is 6.92 Å². The van der Waals surface area contributed by atoms with Crippen LogP contribution in [0.4, 0.5) is 11.9 Å². The molecule has 2 aromatic rings. The maximum atomic E-state index is 9.73. The van der Waals surface area contributed by atoms with Crippen molar-refractivity contribution in [2.45, 2.75) is 26.4 Å². The molecular weight excluding hydrogens is 260 g/mol. The van der Waals surface area contributed by atoms with Gasteiger partial charge in [0, 0.05) is 13.1 Å². The van der Waals surface area contributed by atoms with Crippen LogP contribution < -0.4 is 10.6 Å². The molecule has 20 heavy (non-hydrogen) atoms. The van der Waals surface area contributed by atoms with Crippen LogP contribution in [0.15, 0.2) is 12.7 Å². The van der Waals surface area contributed by atoms with Gasteiger partial charge in [-0.25, -0.2) is 4.98 Å². The molecule has 3 N–H and O–H groups in total. The molecule has 9 heteroatoms. The number of hydrogen-bond acceptors (Lipinski definition) is 8. The first-order valence-corrected chi connectivity index (χ1v) is 6.29. The Bertz CT molecular complexity index is 548. The average Bonchev–Trinajstić information content (AvgIpc) is 2.89. The first-order chi connectivity index (χ1) is 9.48. The van der Waals surface area contributed by atoms with Gasteiger partial charge in [0.1, 0.15) is 12.7 Å². The fourth-order valence-electron chi connectivity index (χ4n) is 1.39. The Morgan fingerprint density at radius 1 is 1.20 bits per heavy atom. The summed E-state index contributed by atoms with van der Waals surface area (Å²) in [6, 6.07) is 0. The van der Waals surface area contributed by atoms with E-state index in [1.165, 1.54) is 17.3 Å². The Hall–Kier alpha value is -2.29. The lowest BCUT2D eigenvalue weighted by atomic mass is 10.1. The number of rotatable bonds is 6. The third-order valence-electron chi connectivity index (χ3n) is 2.26. The Balaban J connectivity index is 2.26. The zero-order chi connectivity index (χ0) is 14.6. The average molecular weight is 278 g/mol. The van der Waals surface area contributed by atoms with E-state index in [-0.39, 0.29) is 0 Å². The second-order valence-electron chi connectivity index (χ2n) is 4.82. The monoisotopic (exact) mass is 278 g/mol. The third kappa shape index (κ3) is 3.85. The van der Waals surface area contributed by atoms with Gasteiger partial charge in [0.05, 0.1) is 5.60 Å². The summed E-state index contributed by atoms with van der Waals surface area (Å²) in [7, 11) is 0. The fourth-order valence-corrected chi connectivity index (χ4v) is 1.39. The Morgan fingerprint density at radius 2 is 1.90 bits per heavy atom. The largest absolute Gasteiger partial charge is 0.389 e. The highest BCUT2D eigenvalue weighted by Crippen LogP contribution is 2.10. The Labute approximate surface area is 116 Å². The molecule has 2 rings (SSSR count). The van der Waals surface area contributed by atoms with Crippen molar-refractivity contribution in [1.29, 1.82) is 0 Å². The molecular formula is C11H18N8O. The van der Waals surface area contributed by atoms with E-state index in [4.69, 9.17) is 0 Å². The maximum Gasteiger partial charge on any atom is 0.258 e. The van der Waals surface area contributed by atoms with Crippen LogP contribution in [-0.2, 0) is 0 Å². The lowest BCUT2D eigenvalue weighted by Crippen LogP contribution is -2.30. The van der Waals surface area contributed by atoms with Gasteiger partial charge < -0.3 is 15.7 Å². The van der Waals surface area contributed by atoms with Crippen molar-refractivity contribution in [2.75, 3.05) is 23.7 Å². The summed E-state index contributed by atoms with van der Waals surface area (Å²) in [5.74, 6) is 1.15. The number of aromatic nitrogens is 6. The molecule has 9 nitrogen and oxygen atoms in total. The second-order valence-corrected chi connectivity index (χ2v) is 4.82. The van der Waals surface area contributed by atoms with Crippen LogP contribution in [0, 0.1) is 0 Å². The number of hydrogen-bond donors (Lipinski definition) is 3. The van der Waals surface area contributed by atoms with Crippen LogP contribution in [0.5, 0.6) is 0 Å². The van der Waals surface area contributed by atoms with Gasteiger partial charge in [0.25, 0.3) is 5.95 Å². The predicted octanol–water partition coefficient (Wildman–Crippen LogP) is 0.0669. The molecule has 0 radical (unpaired) electrons. The van der Waals surface area contributed by atoms with Gasteiger partial charge in [-0.05, 0) is 20.8 Å². The van der Waals surface area contributed by atoms with Gasteiger partial charge in [0.15, 0.2) is 0 Å². The van der Waals surface area contributed by atoms with Crippen LogP contribution in [0.2, 0.25) is 0 Å². The van der Waals surface area contributed by atoms with Gasteiger partial charge in [-0.1, -0.05) is 0 Å². The Kier molecular flexibility index (Phi) is 4.08. The minimum Gasteiger partial charge on any atom is -0.389 e. The zero-order valence-electron chi connectivity index (χ0n) is 11.7. The molecule has 0 aliphatic carbocycles. The van der Waals surface area contributed by atoms with E-state index in [0.717, 1.165) is 0 Å². The molecule has 0 saturated carbocycles. The number of aliphatic hydroxyl groups is 1. The molecule has 0 fully saturated rings. The van der Waals surface area contributed by atoms with Crippen LogP contribution >= 0.6 is 0 Å². The summed E-state index contributed by atoms with van der Waals surface area (Å²) >= 11 is 0. The van der Waals surface area contributed by atoms with Gasteiger partial charge >= 0.3 is 0 Å². The van der Waals surface area contributed by atoms with Crippen molar-refractivity contribution >= 4 is 11.9 Å². The molecule has 0 amide bonds. The van der Waals surface area contributed by atoms with E-state index in [1.54, 1.807) is 13.8 Å². The van der Waals surface area contributed by atoms with Crippen molar-refractivity contribution in [2.24, 2.45) is 0 Å². The van der Waals surface area contributed by atoms with Crippen molar-refractivity contribution < 1.29 is 5.11 Å². The quantitative estimate of drug-likeness (QED) is 0.680. The minimum absolute atomic E-state index is 0.319. The van der Waals surface area contributed by atoms with Gasteiger partial charge in [-0.3, -0.25) is 0 Å². The predicted molar refractivity (Wildman–Crippen MR) is 73.7 cm³/mol. The van der Waals surface area contributed by atoms with Crippen LogP contribution in [0.1, 0.15) is 20.8 Å². The normalized spacial score (nSPS) is 11.4. The molecule has 0 spiro atoms. The van der Waals surface area contributed by atoms with Gasteiger partial charge in [-0.15, -0.1) is 0 Å². The maximum absolute atomic E-state index is 9.73. The molecule has 0 saturated heterocycles. The van der Waals surface area contributed by atoms with E-state index >= 15 is 0 Å². The number of nitrogens with one attached hydrogen (secondary N) is 2. The topological polar surface area (TPSA) is 114 Å². The summed E-state index contributed by atoms with van der Waals surface area (Å²) in [4.78, 5) is 16.6. The fraction of sp³-hybridized carbons (Fsp3) is 0.545. The molecule has 0 aliphatic heterocycles. The highest BCUT2D eigenvalue weighted by Gasteiger charge is 2.14. The SMILES string of the molecule is CCNc1nc(NCC(C)(C)O)nc(-n2cncn2)n1. The molecule has 2 heterocycles. The summed E-state index contributed by atoms with van der Waals surface area (Å²) in [6.07, 6.45) is 2.91. The lowest BCUT2D eigenvalue weighted by Gasteiger charge is -2.18. The van der Waals surface area contributed by atoms with E-state index in [2.05, 4.69) is 35.7 Å². The molecule has 0 unspecified atom stereocenters. The van der Waals surface area contributed by atoms with E-state index < -0.39 is 5.60 Å². The van der Waals surface area contributed by atoms with Crippen LogP contribution in [-0.4, -0.2) is 53.5 Å². The molecule has 0 aromatic carbocycles. The first-order valence-electron chi connectivity index (χ1n) is 6.29. The van der Waals surface area contributed by atoms with E-state index in [9.17, 15) is 5.11 Å². The highest BCUT2D eigenvalue weighted by molar-refractivity contribution is 5.37. The molecule has 2 aromatic heterocycles. The van der Waals surface area contributed by atoms with Crippen molar-refractivity contribution in [1.82, 2.24) is 29.7 Å². The molecule has 0 aliphatic rings. The molecule has 0 atom stereocenters. The highest BCUT2D eigenvalue weighted by atomic mass is 16.3. The standard InChI is InChI=1S/C11H18N8O/c1-4-13-8-16-9(14-5-11(2,3)20)18-10(17-8)19-7-12-6-15-19/h6-7,20H,4-5H2,1-3H3,(H2,13,14,16,17,18). The smallest absolute Gasteiger partial charge is 0.258 e. The van der Waals surface area contributed by atoms with Crippen LogP contribution in [0.3, 0.4) is 0 Å². The summed E-state index contributed by atoms with van der Waals surface area (Å²) in [6.45, 7) is 6.35. The van der Waals surface area contributed by atoms with Crippen molar-refractivity contribution in [3.8, 4) is 5.95 Å². The second kappa shape index (κ2) is 5.78. The zero-order valence-corrected chi connectivity index (χ0v) is 11.7. The summed E-state index contributed by atoms with van der Waals surface area (Å²) < 4.78 is 1.44. The van der Waals surface area contributed by atoms with Crippen molar-refractivity contribution in [3.63, 3.8) is 0 Å². The van der Waals surface area contributed by atoms with Crippen molar-refractivity contribution in [3.05, 3.63) is 12.7 Å². The van der Waals surface area contributed by atoms with E-state index in [0.29, 0.717) is 30.9 Å². The number of nitrogens with zero attached hydrogens (tertiary/aromatic N) is 6. The first kappa shape index (κ1) is 14.1. The third-order valence-corrected chi connectivity index (χ3v) is 2.26. The van der Waals surface area contributed by atoms with Gasteiger partial charge in [0.2, 0.25) is 11.9 Å². The lowest BCUT2D eigenvalue weighted by molar-refractivity contribution is 0.0943.